The number of hydrogen-bond donors (Lipinski definition) is 1. The van der Waals surface area contributed by atoms with Crippen molar-refractivity contribution in [2.75, 3.05) is 44.7 Å². The third kappa shape index (κ3) is 3.39. The summed E-state index contributed by atoms with van der Waals surface area (Å²) in [6.07, 6.45) is 2.91. The number of carbonyl (C=O) groups excluding carboxylic acids is 1. The van der Waals surface area contributed by atoms with Gasteiger partial charge in [-0.1, -0.05) is 0 Å². The van der Waals surface area contributed by atoms with E-state index < -0.39 is 0 Å². The van der Waals surface area contributed by atoms with E-state index >= 15 is 0 Å². The Bertz CT molecular complexity index is 474. The van der Waals surface area contributed by atoms with Gasteiger partial charge in [-0.2, -0.15) is 5.26 Å². The number of rotatable bonds is 3. The van der Waals surface area contributed by atoms with Gasteiger partial charge in [0.15, 0.2) is 5.69 Å². The minimum Gasteiger partial charge on any atom is -0.349 e. The van der Waals surface area contributed by atoms with Crippen LogP contribution in [0.15, 0.2) is 12.4 Å². The molecule has 7 heteroatoms. The molecular weight excluding hydrogens is 244 g/mol. The molecule has 1 fully saturated rings. The summed E-state index contributed by atoms with van der Waals surface area (Å²) < 4.78 is 0. The van der Waals surface area contributed by atoms with Crippen molar-refractivity contribution in [3.63, 3.8) is 0 Å². The van der Waals surface area contributed by atoms with Crippen molar-refractivity contribution in [1.82, 2.24) is 20.2 Å². The molecule has 0 atom stereocenters. The summed E-state index contributed by atoms with van der Waals surface area (Å²) in [5, 5.41) is 11.9. The summed E-state index contributed by atoms with van der Waals surface area (Å²) in [6, 6.07) is 1.91. The maximum atomic E-state index is 12.1. The molecule has 0 aliphatic carbocycles. The van der Waals surface area contributed by atoms with Crippen molar-refractivity contribution in [2.24, 2.45) is 0 Å². The fourth-order valence-electron chi connectivity index (χ4n) is 1.87. The molecule has 1 amide bonds. The van der Waals surface area contributed by atoms with Crippen LogP contribution in [0.4, 0.5) is 5.82 Å². The third-order valence-electron chi connectivity index (χ3n) is 2.99. The highest BCUT2D eigenvalue weighted by molar-refractivity contribution is 5.81. The lowest BCUT2D eigenvalue weighted by Crippen LogP contribution is -2.49. The van der Waals surface area contributed by atoms with E-state index in [9.17, 15) is 4.79 Å². The molecule has 100 valence electrons. The van der Waals surface area contributed by atoms with Crippen molar-refractivity contribution < 1.29 is 4.79 Å². The van der Waals surface area contributed by atoms with Gasteiger partial charge in [-0.3, -0.25) is 4.79 Å². The van der Waals surface area contributed by atoms with Crippen LogP contribution < -0.4 is 10.2 Å². The van der Waals surface area contributed by atoms with Gasteiger partial charge in [0, 0.05) is 33.2 Å². The first-order chi connectivity index (χ1) is 9.20. The minimum atomic E-state index is 0.0789. The standard InChI is InChI=1S/C12H16N6O/c1-17(11-8-15-10(6-13)7-16-11)9-12(19)18-4-2-14-3-5-18/h7-8,14H,2-5,9H2,1H3. The Hall–Kier alpha value is -2.20. The number of nitriles is 1. The van der Waals surface area contributed by atoms with Crippen LogP contribution in [0.25, 0.3) is 0 Å². The van der Waals surface area contributed by atoms with Crippen LogP contribution in [0, 0.1) is 11.3 Å². The highest BCUT2D eigenvalue weighted by Gasteiger charge is 2.18. The van der Waals surface area contributed by atoms with E-state index in [0.29, 0.717) is 5.82 Å². The average molecular weight is 260 g/mol. The topological polar surface area (TPSA) is 85.2 Å². The molecule has 1 aliphatic rings. The van der Waals surface area contributed by atoms with E-state index in [-0.39, 0.29) is 18.1 Å². The SMILES string of the molecule is CN(CC(=O)N1CCNCC1)c1cnc(C#N)cn1. The highest BCUT2D eigenvalue weighted by Crippen LogP contribution is 2.07. The predicted octanol–water partition coefficient (Wildman–Crippen LogP) is -0.784. The number of amides is 1. The first-order valence-electron chi connectivity index (χ1n) is 6.12. The second-order valence-electron chi connectivity index (χ2n) is 4.36. The number of carbonyl (C=O) groups is 1. The van der Waals surface area contributed by atoms with E-state index in [1.165, 1.54) is 12.4 Å². The van der Waals surface area contributed by atoms with Gasteiger partial charge < -0.3 is 15.1 Å². The van der Waals surface area contributed by atoms with E-state index in [0.717, 1.165) is 26.2 Å². The summed E-state index contributed by atoms with van der Waals surface area (Å²) in [6.45, 7) is 3.43. The summed E-state index contributed by atoms with van der Waals surface area (Å²) in [5.41, 5.74) is 0.269. The van der Waals surface area contributed by atoms with Crippen LogP contribution in [-0.4, -0.2) is 60.5 Å². The summed E-state index contributed by atoms with van der Waals surface area (Å²) in [4.78, 5) is 23.7. The van der Waals surface area contributed by atoms with Gasteiger partial charge >= 0.3 is 0 Å². The average Bonchev–Trinajstić information content (AvgIpc) is 2.48. The number of anilines is 1. The van der Waals surface area contributed by atoms with Gasteiger partial charge in [0.1, 0.15) is 11.9 Å². The van der Waals surface area contributed by atoms with Gasteiger partial charge in [-0.15, -0.1) is 0 Å². The molecule has 0 spiro atoms. The van der Waals surface area contributed by atoms with Gasteiger partial charge in [-0.05, 0) is 0 Å². The lowest BCUT2D eigenvalue weighted by atomic mass is 10.3. The molecule has 7 nitrogen and oxygen atoms in total. The van der Waals surface area contributed by atoms with Gasteiger partial charge in [0.2, 0.25) is 5.91 Å². The Morgan fingerprint density at radius 3 is 2.79 bits per heavy atom. The van der Waals surface area contributed by atoms with Crippen molar-refractivity contribution in [2.45, 2.75) is 0 Å². The lowest BCUT2D eigenvalue weighted by molar-refractivity contribution is -0.130. The zero-order chi connectivity index (χ0) is 13.7. The van der Waals surface area contributed by atoms with Crippen LogP contribution in [-0.2, 0) is 4.79 Å². The molecule has 0 bridgehead atoms. The Labute approximate surface area is 111 Å². The number of nitrogens with one attached hydrogen (secondary N) is 1. The maximum absolute atomic E-state index is 12.1. The Balaban J connectivity index is 1.93. The molecule has 1 saturated heterocycles. The largest absolute Gasteiger partial charge is 0.349 e. The molecule has 1 aromatic rings. The van der Waals surface area contributed by atoms with Crippen LogP contribution in [0.5, 0.6) is 0 Å². The zero-order valence-corrected chi connectivity index (χ0v) is 10.8. The van der Waals surface area contributed by atoms with Crippen molar-refractivity contribution in [3.05, 3.63) is 18.1 Å². The molecule has 19 heavy (non-hydrogen) atoms. The number of hydrogen-bond acceptors (Lipinski definition) is 6. The van der Waals surface area contributed by atoms with Crippen LogP contribution in [0.3, 0.4) is 0 Å². The maximum Gasteiger partial charge on any atom is 0.242 e. The zero-order valence-electron chi connectivity index (χ0n) is 10.8. The molecule has 0 saturated carbocycles. The van der Waals surface area contributed by atoms with Crippen molar-refractivity contribution in [1.29, 1.82) is 5.26 Å². The summed E-state index contributed by atoms with van der Waals surface area (Å²) >= 11 is 0. The smallest absolute Gasteiger partial charge is 0.242 e. The summed E-state index contributed by atoms with van der Waals surface area (Å²) in [7, 11) is 1.79. The molecule has 2 rings (SSSR count). The quantitative estimate of drug-likeness (QED) is 0.767. The first-order valence-corrected chi connectivity index (χ1v) is 6.12. The molecule has 1 aliphatic heterocycles. The number of piperazine rings is 1. The summed E-state index contributed by atoms with van der Waals surface area (Å²) in [5.74, 6) is 0.664. The predicted molar refractivity (Wildman–Crippen MR) is 69.5 cm³/mol. The number of nitrogens with zero attached hydrogens (tertiary/aromatic N) is 5. The van der Waals surface area contributed by atoms with Crippen molar-refractivity contribution >= 4 is 11.7 Å². The highest BCUT2D eigenvalue weighted by atomic mass is 16.2. The fourth-order valence-corrected chi connectivity index (χ4v) is 1.87. The molecule has 2 heterocycles. The van der Waals surface area contributed by atoms with Crippen LogP contribution in [0.1, 0.15) is 5.69 Å². The molecule has 1 N–H and O–H groups in total. The number of aromatic nitrogens is 2. The molecule has 0 aromatic carbocycles. The Kier molecular flexibility index (Phi) is 4.26. The third-order valence-corrected chi connectivity index (χ3v) is 2.99. The van der Waals surface area contributed by atoms with E-state index in [2.05, 4.69) is 15.3 Å². The van der Waals surface area contributed by atoms with E-state index in [1.54, 1.807) is 11.9 Å². The van der Waals surface area contributed by atoms with Crippen LogP contribution in [0.2, 0.25) is 0 Å². The lowest BCUT2D eigenvalue weighted by Gasteiger charge is -2.29. The van der Waals surface area contributed by atoms with E-state index in [1.807, 2.05) is 11.0 Å². The molecule has 0 unspecified atom stereocenters. The Morgan fingerprint density at radius 2 is 2.21 bits per heavy atom. The second-order valence-corrected chi connectivity index (χ2v) is 4.36. The number of likely N-dealkylation sites (N-methyl/N-ethyl adjacent to an activating group) is 1. The second kappa shape index (κ2) is 6.11. The normalized spacial score (nSPS) is 14.8. The fraction of sp³-hybridized carbons (Fsp3) is 0.500. The van der Waals surface area contributed by atoms with Crippen molar-refractivity contribution in [3.8, 4) is 6.07 Å². The van der Waals surface area contributed by atoms with Gasteiger partial charge in [0.25, 0.3) is 0 Å². The minimum absolute atomic E-state index is 0.0789. The van der Waals surface area contributed by atoms with Gasteiger partial charge in [0.05, 0.1) is 18.9 Å². The Morgan fingerprint density at radius 1 is 1.47 bits per heavy atom. The van der Waals surface area contributed by atoms with Gasteiger partial charge in [-0.25, -0.2) is 9.97 Å². The van der Waals surface area contributed by atoms with E-state index in [4.69, 9.17) is 5.26 Å². The molecule has 0 radical (unpaired) electrons. The first kappa shape index (κ1) is 13.2. The molecule has 1 aromatic heterocycles. The van der Waals surface area contributed by atoms with Crippen LogP contribution >= 0.6 is 0 Å². The monoisotopic (exact) mass is 260 g/mol. The molecular formula is C12H16N6O.